The number of nitrogens with one attached hydrogen (secondary N) is 2. The van der Waals surface area contributed by atoms with Crippen LogP contribution in [-0.2, 0) is 21.2 Å². The van der Waals surface area contributed by atoms with Crippen molar-refractivity contribution in [2.24, 2.45) is 0 Å². The topological polar surface area (TPSA) is 78.5 Å². The van der Waals surface area contributed by atoms with Gasteiger partial charge in [0.05, 0.1) is 17.0 Å². The van der Waals surface area contributed by atoms with Gasteiger partial charge in [0, 0.05) is 12.7 Å². The minimum absolute atomic E-state index is 0.141. The minimum Gasteiger partial charge on any atom is -0.332 e. The summed E-state index contributed by atoms with van der Waals surface area (Å²) in [5.74, 6) is -0.238. The van der Waals surface area contributed by atoms with Gasteiger partial charge in [0.2, 0.25) is 5.91 Å². The van der Waals surface area contributed by atoms with E-state index in [1.54, 1.807) is 36.4 Å². The maximum atomic E-state index is 12.9. The van der Waals surface area contributed by atoms with Crippen molar-refractivity contribution in [3.63, 3.8) is 0 Å². The molecule has 0 radical (unpaired) electrons. The number of hydrogen-bond donors (Lipinski definition) is 2. The van der Waals surface area contributed by atoms with Gasteiger partial charge in [-0.05, 0) is 65.0 Å². The normalized spacial score (nSPS) is 11.1. The summed E-state index contributed by atoms with van der Waals surface area (Å²) in [7, 11) is -2.19. The Kier molecular flexibility index (Phi) is 6.90. The first-order valence-electron chi connectivity index (χ1n) is 10.6. The Balaban J connectivity index is 1.38. The average Bonchev–Trinajstić information content (AvgIpc) is 2.84. The van der Waals surface area contributed by atoms with Crippen molar-refractivity contribution in [2.45, 2.75) is 11.3 Å². The van der Waals surface area contributed by atoms with Gasteiger partial charge in [-0.1, -0.05) is 60.7 Å². The number of sulfonamides is 1. The number of thiocarbonyl (C=S) groups is 1. The fraction of sp³-hybridized carbons (Fsp3) is 0.0769. The van der Waals surface area contributed by atoms with Crippen molar-refractivity contribution in [1.82, 2.24) is 5.32 Å². The van der Waals surface area contributed by atoms with E-state index in [9.17, 15) is 13.2 Å². The molecule has 4 aromatic carbocycles. The van der Waals surface area contributed by atoms with Gasteiger partial charge in [0.15, 0.2) is 5.11 Å². The number of hydrogen-bond acceptors (Lipinski definition) is 4. The third-order valence-electron chi connectivity index (χ3n) is 5.37. The van der Waals surface area contributed by atoms with Gasteiger partial charge in [0.25, 0.3) is 10.0 Å². The van der Waals surface area contributed by atoms with Gasteiger partial charge in [-0.2, -0.15) is 0 Å². The molecule has 0 saturated heterocycles. The van der Waals surface area contributed by atoms with Gasteiger partial charge in [-0.3, -0.25) is 9.10 Å². The lowest BCUT2D eigenvalue weighted by Crippen LogP contribution is -2.35. The highest BCUT2D eigenvalue weighted by Gasteiger charge is 2.21. The summed E-state index contributed by atoms with van der Waals surface area (Å²) in [5, 5.41) is 7.84. The molecule has 0 aliphatic heterocycles. The van der Waals surface area contributed by atoms with Crippen molar-refractivity contribution < 1.29 is 13.2 Å². The minimum atomic E-state index is -3.71. The first kappa shape index (κ1) is 23.4. The van der Waals surface area contributed by atoms with Crippen LogP contribution in [0.3, 0.4) is 0 Å². The van der Waals surface area contributed by atoms with Crippen LogP contribution in [0.5, 0.6) is 0 Å². The highest BCUT2D eigenvalue weighted by Crippen LogP contribution is 2.23. The highest BCUT2D eigenvalue weighted by molar-refractivity contribution is 7.92. The largest absolute Gasteiger partial charge is 0.332 e. The number of benzene rings is 4. The van der Waals surface area contributed by atoms with Crippen molar-refractivity contribution >= 4 is 55.4 Å². The molecule has 0 unspecified atom stereocenters. The Morgan fingerprint density at radius 3 is 2.24 bits per heavy atom. The number of carbonyl (C=O) groups is 1. The first-order valence-corrected chi connectivity index (χ1v) is 12.4. The fourth-order valence-corrected chi connectivity index (χ4v) is 5.03. The summed E-state index contributed by atoms with van der Waals surface area (Å²) in [5.41, 5.74) is 2.05. The van der Waals surface area contributed by atoms with Crippen LogP contribution in [0.2, 0.25) is 0 Å². The molecule has 8 heteroatoms. The molecule has 0 fully saturated rings. The van der Waals surface area contributed by atoms with Crippen molar-refractivity contribution in [2.75, 3.05) is 16.7 Å². The Bertz CT molecular complexity index is 1430. The third kappa shape index (κ3) is 5.24. The van der Waals surface area contributed by atoms with E-state index in [1.165, 1.54) is 23.5 Å². The molecule has 0 saturated carbocycles. The summed E-state index contributed by atoms with van der Waals surface area (Å²) in [6, 6.07) is 28.8. The maximum Gasteiger partial charge on any atom is 0.264 e. The molecule has 2 N–H and O–H groups in total. The van der Waals surface area contributed by atoms with Crippen molar-refractivity contribution in [3.8, 4) is 0 Å². The van der Waals surface area contributed by atoms with Crippen LogP contribution in [0.1, 0.15) is 5.56 Å². The molecule has 0 aliphatic rings. The fourth-order valence-electron chi connectivity index (χ4n) is 3.60. The second kappa shape index (κ2) is 10.0. The number of fused-ring (bicyclic) bond motifs is 1. The molecule has 0 heterocycles. The summed E-state index contributed by atoms with van der Waals surface area (Å²) < 4.78 is 27.0. The number of amides is 1. The molecule has 0 aliphatic carbocycles. The van der Waals surface area contributed by atoms with Gasteiger partial charge in [0.1, 0.15) is 0 Å². The van der Waals surface area contributed by atoms with Crippen LogP contribution in [0, 0.1) is 0 Å². The molecule has 1 amide bonds. The number of nitrogens with zero attached hydrogens (tertiary/aromatic N) is 1. The summed E-state index contributed by atoms with van der Waals surface area (Å²) in [4.78, 5) is 12.7. The van der Waals surface area contributed by atoms with Gasteiger partial charge in [-0.25, -0.2) is 8.42 Å². The quantitative estimate of drug-likeness (QED) is 0.383. The Labute approximate surface area is 204 Å². The monoisotopic (exact) mass is 489 g/mol. The summed E-state index contributed by atoms with van der Waals surface area (Å²) in [6.07, 6.45) is 0.187. The lowest BCUT2D eigenvalue weighted by Gasteiger charge is -2.19. The van der Waals surface area contributed by atoms with Crippen molar-refractivity contribution in [1.29, 1.82) is 0 Å². The predicted octanol–water partition coefficient (Wildman–Crippen LogP) is 4.72. The lowest BCUT2D eigenvalue weighted by atomic mass is 10.0. The smallest absolute Gasteiger partial charge is 0.264 e. The maximum absolute atomic E-state index is 12.9. The second-order valence-corrected chi connectivity index (χ2v) is 10.0. The van der Waals surface area contributed by atoms with E-state index in [0.717, 1.165) is 16.3 Å². The van der Waals surface area contributed by atoms with E-state index in [0.29, 0.717) is 11.4 Å². The number of anilines is 2. The van der Waals surface area contributed by atoms with Gasteiger partial charge < -0.3 is 10.6 Å². The summed E-state index contributed by atoms with van der Waals surface area (Å²) in [6.45, 7) is 0. The molecule has 6 nitrogen and oxygen atoms in total. The molecule has 0 atom stereocenters. The Morgan fingerprint density at radius 1 is 0.853 bits per heavy atom. The third-order valence-corrected chi connectivity index (χ3v) is 7.38. The van der Waals surface area contributed by atoms with E-state index in [4.69, 9.17) is 12.2 Å². The molecule has 4 rings (SSSR count). The van der Waals surface area contributed by atoms with Crippen LogP contribution in [-0.4, -0.2) is 26.5 Å². The van der Waals surface area contributed by atoms with Crippen LogP contribution in [0.25, 0.3) is 10.8 Å². The van der Waals surface area contributed by atoms with E-state index in [-0.39, 0.29) is 22.3 Å². The highest BCUT2D eigenvalue weighted by atomic mass is 32.2. The second-order valence-electron chi connectivity index (χ2n) is 7.65. The lowest BCUT2D eigenvalue weighted by molar-refractivity contribution is -0.119. The van der Waals surface area contributed by atoms with E-state index in [1.807, 2.05) is 48.5 Å². The molecular weight excluding hydrogens is 466 g/mol. The van der Waals surface area contributed by atoms with Gasteiger partial charge in [-0.15, -0.1) is 0 Å². The molecule has 34 heavy (non-hydrogen) atoms. The molecule has 0 aromatic heterocycles. The van der Waals surface area contributed by atoms with E-state index >= 15 is 0 Å². The van der Waals surface area contributed by atoms with Crippen LogP contribution < -0.4 is 14.9 Å². The number of rotatable bonds is 6. The molecular formula is C26H23N3O3S2. The predicted molar refractivity (Wildman–Crippen MR) is 140 cm³/mol. The van der Waals surface area contributed by atoms with Gasteiger partial charge >= 0.3 is 0 Å². The summed E-state index contributed by atoms with van der Waals surface area (Å²) >= 11 is 5.27. The zero-order valence-corrected chi connectivity index (χ0v) is 20.1. The van der Waals surface area contributed by atoms with E-state index < -0.39 is 10.0 Å². The zero-order valence-electron chi connectivity index (χ0n) is 18.4. The zero-order chi connectivity index (χ0) is 24.1. The SMILES string of the molecule is CN(c1ccccc1)S(=O)(=O)c1ccc(NC(=S)NC(=O)Cc2cccc3ccccc23)cc1. The first-order chi connectivity index (χ1) is 16.3. The Morgan fingerprint density at radius 2 is 1.50 bits per heavy atom. The molecule has 4 aromatic rings. The molecule has 0 bridgehead atoms. The van der Waals surface area contributed by atoms with Crippen LogP contribution in [0.15, 0.2) is 102 Å². The molecule has 172 valence electrons. The average molecular weight is 490 g/mol. The van der Waals surface area contributed by atoms with Crippen LogP contribution >= 0.6 is 12.2 Å². The van der Waals surface area contributed by atoms with Crippen LogP contribution in [0.4, 0.5) is 11.4 Å². The van der Waals surface area contributed by atoms with E-state index in [2.05, 4.69) is 10.6 Å². The number of carbonyl (C=O) groups excluding carboxylic acids is 1. The molecule has 0 spiro atoms. The standard InChI is InChI=1S/C26H23N3O3S2/c1-29(22-11-3-2-4-12-22)34(31,32)23-16-14-21(15-17-23)27-26(33)28-25(30)18-20-10-7-9-19-8-5-6-13-24(19)20/h2-17H,18H2,1H3,(H2,27,28,30,33). The number of para-hydroxylation sites is 1. The van der Waals surface area contributed by atoms with Crippen molar-refractivity contribution in [3.05, 3.63) is 103 Å². The Hall–Kier alpha value is -3.75.